The molecule has 1 amide bonds. The lowest BCUT2D eigenvalue weighted by molar-refractivity contribution is 0.0879. The first kappa shape index (κ1) is 19.3. The van der Waals surface area contributed by atoms with Crippen LogP contribution < -0.4 is 5.73 Å². The minimum Gasteiger partial charge on any atom is -0.366 e. The molecule has 8 heteroatoms. The Morgan fingerprint density at radius 3 is 2.44 bits per heavy atom. The fraction of sp³-hybridized carbons (Fsp3) is 0.368. The number of rotatable bonds is 5. The summed E-state index contributed by atoms with van der Waals surface area (Å²) in [6.45, 7) is 1.90. The number of carbonyl (C=O) groups excluding carboxylic acids is 2. The van der Waals surface area contributed by atoms with Gasteiger partial charge in [0, 0.05) is 24.1 Å². The van der Waals surface area contributed by atoms with Crippen LogP contribution in [0.1, 0.15) is 45.4 Å². The van der Waals surface area contributed by atoms with Gasteiger partial charge in [-0.1, -0.05) is 25.1 Å². The van der Waals surface area contributed by atoms with E-state index >= 15 is 0 Å². The van der Waals surface area contributed by atoms with E-state index < -0.39 is 22.0 Å². The standard InChI is InChI=1S/C19H23N3O4S/c1-4-13-17(19(20)24)16-14(22(13)12-8-6-5-7-9-12)10-11-15(18(16)23)21(2)27(3,25)26/h5-9,15H,4,10-11H2,1-3H3,(H2,20,24). The van der Waals surface area contributed by atoms with E-state index in [-0.39, 0.29) is 16.9 Å². The molecule has 27 heavy (non-hydrogen) atoms. The molecule has 2 N–H and O–H groups in total. The van der Waals surface area contributed by atoms with Gasteiger partial charge in [-0.2, -0.15) is 4.31 Å². The predicted molar refractivity (Wildman–Crippen MR) is 103 cm³/mol. The van der Waals surface area contributed by atoms with E-state index in [2.05, 4.69) is 0 Å². The molecule has 0 saturated heterocycles. The summed E-state index contributed by atoms with van der Waals surface area (Å²) in [7, 11) is -2.15. The van der Waals surface area contributed by atoms with Gasteiger partial charge in [0.05, 0.1) is 23.4 Å². The molecule has 0 radical (unpaired) electrons. The lowest BCUT2D eigenvalue weighted by Crippen LogP contribution is -2.44. The summed E-state index contributed by atoms with van der Waals surface area (Å²) < 4.78 is 26.9. The topological polar surface area (TPSA) is 102 Å². The van der Waals surface area contributed by atoms with Gasteiger partial charge in [0.15, 0.2) is 5.78 Å². The number of amides is 1. The molecule has 1 aromatic heterocycles. The third-order valence-corrected chi connectivity index (χ3v) is 6.43. The van der Waals surface area contributed by atoms with E-state index in [1.54, 1.807) is 0 Å². The van der Waals surface area contributed by atoms with Gasteiger partial charge < -0.3 is 10.3 Å². The average Bonchev–Trinajstić information content (AvgIpc) is 2.96. The molecule has 1 aliphatic carbocycles. The fourth-order valence-corrected chi connectivity index (χ4v) is 4.48. The third kappa shape index (κ3) is 3.19. The van der Waals surface area contributed by atoms with Crippen molar-refractivity contribution < 1.29 is 18.0 Å². The van der Waals surface area contributed by atoms with Gasteiger partial charge >= 0.3 is 0 Å². The predicted octanol–water partition coefficient (Wildman–Crippen LogP) is 1.53. The second-order valence-corrected chi connectivity index (χ2v) is 8.77. The summed E-state index contributed by atoms with van der Waals surface area (Å²) in [5.41, 5.74) is 8.34. The highest BCUT2D eigenvalue weighted by molar-refractivity contribution is 7.88. The van der Waals surface area contributed by atoms with Crippen LogP contribution in [-0.2, 0) is 22.9 Å². The molecule has 0 aliphatic heterocycles. The number of likely N-dealkylation sites (N-methyl/N-ethyl adjacent to an activating group) is 1. The molecule has 0 bridgehead atoms. The molecule has 0 spiro atoms. The minimum absolute atomic E-state index is 0.202. The molecule has 1 aliphatic rings. The number of benzene rings is 1. The number of Topliss-reactive ketones (excluding diaryl/α,β-unsaturated/α-hetero) is 1. The summed E-state index contributed by atoms with van der Waals surface area (Å²) in [6.07, 6.45) is 2.41. The number of hydrogen-bond donors (Lipinski definition) is 1. The Hall–Kier alpha value is -2.45. The van der Waals surface area contributed by atoms with E-state index in [0.717, 1.165) is 21.9 Å². The Morgan fingerprint density at radius 2 is 1.93 bits per heavy atom. The van der Waals surface area contributed by atoms with Crippen LogP contribution >= 0.6 is 0 Å². The molecule has 7 nitrogen and oxygen atoms in total. The van der Waals surface area contributed by atoms with Crippen LogP contribution in [0.2, 0.25) is 0 Å². The fourth-order valence-electron chi connectivity index (χ4n) is 3.82. The van der Waals surface area contributed by atoms with E-state index in [0.29, 0.717) is 25.0 Å². The smallest absolute Gasteiger partial charge is 0.251 e. The first-order valence-corrected chi connectivity index (χ1v) is 10.6. The Labute approximate surface area is 158 Å². The molecule has 1 heterocycles. The Balaban J connectivity index is 2.26. The number of hydrogen-bond acceptors (Lipinski definition) is 4. The van der Waals surface area contributed by atoms with Gasteiger partial charge in [0.1, 0.15) is 0 Å². The molecule has 1 atom stereocenters. The van der Waals surface area contributed by atoms with Crippen molar-refractivity contribution in [3.63, 3.8) is 0 Å². The monoisotopic (exact) mass is 389 g/mol. The molecule has 0 fully saturated rings. The molecular weight excluding hydrogens is 366 g/mol. The first-order chi connectivity index (χ1) is 12.7. The normalized spacial score (nSPS) is 17.2. The summed E-state index contributed by atoms with van der Waals surface area (Å²) in [5, 5.41) is 0. The number of nitrogens with two attached hydrogens (primary N) is 1. The number of nitrogens with zero attached hydrogens (tertiary/aromatic N) is 2. The molecule has 0 saturated carbocycles. The Kier molecular flexibility index (Phi) is 4.96. The number of aromatic nitrogens is 1. The van der Waals surface area contributed by atoms with Crippen molar-refractivity contribution in [1.29, 1.82) is 0 Å². The average molecular weight is 389 g/mol. The third-order valence-electron chi connectivity index (χ3n) is 5.13. The van der Waals surface area contributed by atoms with Crippen LogP contribution in [0.3, 0.4) is 0 Å². The van der Waals surface area contributed by atoms with Crippen LogP contribution in [0.4, 0.5) is 0 Å². The number of fused-ring (bicyclic) bond motifs is 1. The second kappa shape index (κ2) is 6.94. The number of sulfonamides is 1. The molecule has 3 rings (SSSR count). The number of ketones is 1. The highest BCUT2D eigenvalue weighted by Crippen LogP contribution is 2.34. The zero-order chi connectivity index (χ0) is 19.9. The molecule has 1 unspecified atom stereocenters. The SMILES string of the molecule is CCc1c(C(N)=O)c2c(n1-c1ccccc1)CCC(N(C)S(C)(=O)=O)C2=O. The molecule has 2 aromatic rings. The Morgan fingerprint density at radius 1 is 1.30 bits per heavy atom. The Bertz CT molecular complexity index is 1010. The zero-order valence-electron chi connectivity index (χ0n) is 15.6. The zero-order valence-corrected chi connectivity index (χ0v) is 16.4. The number of primary amides is 1. The lowest BCUT2D eigenvalue weighted by atomic mass is 9.89. The quantitative estimate of drug-likeness (QED) is 0.837. The van der Waals surface area contributed by atoms with Crippen molar-refractivity contribution in [3.8, 4) is 5.69 Å². The van der Waals surface area contributed by atoms with Gasteiger partial charge in [-0.15, -0.1) is 0 Å². The van der Waals surface area contributed by atoms with Gasteiger partial charge in [0.25, 0.3) is 5.91 Å². The second-order valence-electron chi connectivity index (χ2n) is 6.73. The minimum atomic E-state index is -3.54. The molecular formula is C19H23N3O4S. The van der Waals surface area contributed by atoms with E-state index in [1.807, 2.05) is 41.8 Å². The number of para-hydroxylation sites is 1. The lowest BCUT2D eigenvalue weighted by Gasteiger charge is -2.29. The summed E-state index contributed by atoms with van der Waals surface area (Å²) in [5.74, 6) is -1.05. The highest BCUT2D eigenvalue weighted by Gasteiger charge is 2.40. The van der Waals surface area contributed by atoms with Crippen LogP contribution in [0, 0.1) is 0 Å². The van der Waals surface area contributed by atoms with Crippen molar-refractivity contribution >= 4 is 21.7 Å². The van der Waals surface area contributed by atoms with Gasteiger partial charge in [0.2, 0.25) is 10.0 Å². The van der Waals surface area contributed by atoms with Crippen molar-refractivity contribution in [2.24, 2.45) is 5.73 Å². The van der Waals surface area contributed by atoms with Crippen LogP contribution in [0.5, 0.6) is 0 Å². The van der Waals surface area contributed by atoms with Crippen LogP contribution in [0.25, 0.3) is 5.69 Å². The molecule has 1 aromatic carbocycles. The van der Waals surface area contributed by atoms with Crippen LogP contribution in [0.15, 0.2) is 30.3 Å². The van der Waals surface area contributed by atoms with Crippen molar-refractivity contribution in [1.82, 2.24) is 8.87 Å². The van der Waals surface area contributed by atoms with E-state index in [4.69, 9.17) is 5.73 Å². The summed E-state index contributed by atoms with van der Waals surface area (Å²) >= 11 is 0. The maximum atomic E-state index is 13.2. The maximum Gasteiger partial charge on any atom is 0.251 e. The maximum absolute atomic E-state index is 13.2. The van der Waals surface area contributed by atoms with Gasteiger partial charge in [-0.3, -0.25) is 9.59 Å². The molecule has 144 valence electrons. The highest BCUT2D eigenvalue weighted by atomic mass is 32.2. The van der Waals surface area contributed by atoms with Crippen molar-refractivity contribution in [3.05, 3.63) is 52.8 Å². The number of carbonyl (C=O) groups is 2. The summed E-state index contributed by atoms with van der Waals surface area (Å²) in [4.78, 5) is 25.5. The van der Waals surface area contributed by atoms with Gasteiger partial charge in [-0.05, 0) is 31.4 Å². The van der Waals surface area contributed by atoms with Crippen molar-refractivity contribution in [2.75, 3.05) is 13.3 Å². The van der Waals surface area contributed by atoms with E-state index in [1.165, 1.54) is 7.05 Å². The largest absolute Gasteiger partial charge is 0.366 e. The van der Waals surface area contributed by atoms with Crippen LogP contribution in [-0.4, -0.2) is 48.3 Å². The van der Waals surface area contributed by atoms with Crippen molar-refractivity contribution in [2.45, 2.75) is 32.2 Å². The van der Waals surface area contributed by atoms with Gasteiger partial charge in [-0.25, -0.2) is 8.42 Å². The summed E-state index contributed by atoms with van der Waals surface area (Å²) in [6, 6.07) is 8.64. The first-order valence-electron chi connectivity index (χ1n) is 8.77. The van der Waals surface area contributed by atoms with E-state index in [9.17, 15) is 18.0 Å².